The van der Waals surface area contributed by atoms with E-state index < -0.39 is 43.7 Å². The number of amides is 1. The van der Waals surface area contributed by atoms with Crippen LogP contribution >= 0.6 is 0 Å². The first-order valence-electron chi connectivity index (χ1n) is 13.1. The van der Waals surface area contributed by atoms with E-state index in [0.29, 0.717) is 43.0 Å². The molecule has 1 heterocycles. The fourth-order valence-corrected chi connectivity index (χ4v) is 8.93. The van der Waals surface area contributed by atoms with E-state index in [1.54, 1.807) is 35.2 Å². The minimum atomic E-state index is -3.80. The molecule has 2 bridgehead atoms. The molecule has 4 saturated carbocycles. The Labute approximate surface area is 227 Å². The molecule has 0 atom stereocenters. The van der Waals surface area contributed by atoms with Gasteiger partial charge in [-0.05, 0) is 92.8 Å². The van der Waals surface area contributed by atoms with Gasteiger partial charge in [-0.25, -0.2) is 30.3 Å². The van der Waals surface area contributed by atoms with E-state index in [4.69, 9.17) is 0 Å². The van der Waals surface area contributed by atoms with Gasteiger partial charge >= 0.3 is 0 Å². The summed E-state index contributed by atoms with van der Waals surface area (Å²) in [6, 6.07) is 10.9. The summed E-state index contributed by atoms with van der Waals surface area (Å²) >= 11 is 0. The van der Waals surface area contributed by atoms with Crippen molar-refractivity contribution in [2.45, 2.75) is 67.2 Å². The molecule has 0 saturated heterocycles. The van der Waals surface area contributed by atoms with Crippen LogP contribution in [0, 0.1) is 11.8 Å². The topological polar surface area (TPSA) is 113 Å². The van der Waals surface area contributed by atoms with Gasteiger partial charge in [0.1, 0.15) is 0 Å². The normalized spacial score (nSPS) is 29.6. The van der Waals surface area contributed by atoms with Gasteiger partial charge in [0.2, 0.25) is 26.5 Å². The predicted molar refractivity (Wildman–Crippen MR) is 143 cm³/mol. The van der Waals surface area contributed by atoms with Crippen LogP contribution in [-0.2, 0) is 25.5 Å². The lowest BCUT2D eigenvalue weighted by atomic mass is 9.50. The quantitative estimate of drug-likeness (QED) is 0.510. The van der Waals surface area contributed by atoms with E-state index in [-0.39, 0.29) is 22.5 Å². The fraction of sp³-hybridized carbons (Fsp3) is 0.519. The number of rotatable bonds is 7. The second-order valence-electron chi connectivity index (χ2n) is 11.8. The molecule has 2 N–H and O–H groups in total. The predicted octanol–water partition coefficient (Wildman–Crippen LogP) is 4.24. The number of alkyl halides is 2. The van der Waals surface area contributed by atoms with Crippen LogP contribution in [0.4, 0.5) is 20.2 Å². The summed E-state index contributed by atoms with van der Waals surface area (Å²) in [6.07, 6.45) is 2.63. The van der Waals surface area contributed by atoms with Crippen molar-refractivity contribution < 1.29 is 30.4 Å². The monoisotopic (exact) mass is 579 g/mol. The first-order chi connectivity index (χ1) is 18.3. The summed E-state index contributed by atoms with van der Waals surface area (Å²) < 4.78 is 82.0. The van der Waals surface area contributed by atoms with Crippen molar-refractivity contribution in [2.75, 3.05) is 22.4 Å². The number of carbonyl (C=O) groups excluding carboxylic acids is 1. The van der Waals surface area contributed by atoms with Gasteiger partial charge in [0, 0.05) is 40.4 Å². The Kier molecular flexibility index (Phi) is 6.13. The number of sulfonamides is 2. The summed E-state index contributed by atoms with van der Waals surface area (Å²) in [5.74, 6) is -0.501. The molecule has 2 aromatic rings. The third-order valence-electron chi connectivity index (χ3n) is 8.99. The molecule has 12 heteroatoms. The van der Waals surface area contributed by atoms with Crippen molar-refractivity contribution in [3.8, 4) is 0 Å². The van der Waals surface area contributed by atoms with Gasteiger partial charge in [0.25, 0.3) is 5.91 Å². The molecule has 0 unspecified atom stereocenters. The SMILES string of the molecule is CS(=O)(=O)Nc1ccc2c(c1)C1(CCC(C(F)F)CC1)CN2C(=O)c1cccc(S(=O)(=O)NC23CC(C2)C3)c1. The van der Waals surface area contributed by atoms with Crippen molar-refractivity contribution in [1.82, 2.24) is 4.72 Å². The second kappa shape index (κ2) is 8.97. The van der Waals surface area contributed by atoms with Crippen LogP contribution < -0.4 is 14.3 Å². The number of benzene rings is 2. The van der Waals surface area contributed by atoms with Crippen LogP contribution in [0.15, 0.2) is 47.4 Å². The lowest BCUT2D eigenvalue weighted by Crippen LogP contribution is -2.67. The Morgan fingerprint density at radius 1 is 1.03 bits per heavy atom. The largest absolute Gasteiger partial charge is 0.307 e. The average Bonchev–Trinajstić information content (AvgIpc) is 3.13. The van der Waals surface area contributed by atoms with Crippen LogP contribution in [0.25, 0.3) is 0 Å². The van der Waals surface area contributed by atoms with Crippen LogP contribution in [0.1, 0.15) is 60.9 Å². The minimum Gasteiger partial charge on any atom is -0.307 e. The molecule has 1 amide bonds. The maximum atomic E-state index is 13.8. The van der Waals surface area contributed by atoms with Crippen molar-refractivity contribution in [3.05, 3.63) is 53.6 Å². The molecule has 5 aliphatic rings. The van der Waals surface area contributed by atoms with Gasteiger partial charge < -0.3 is 4.90 Å². The molecule has 4 fully saturated rings. The standard InChI is InChI=1S/C27H31F2N3O5S2/c1-38(34,35)30-20-5-6-23-22(12-20)26(9-7-18(8-10-26)24(28)29)16-32(23)25(33)19-3-2-4-21(11-19)39(36,37)31-27-13-17(14-27)15-27/h2-6,11-12,17-18,24,30-31H,7-10,13-16H2,1H3. The number of hydrogen-bond acceptors (Lipinski definition) is 5. The molecule has 1 spiro atoms. The van der Waals surface area contributed by atoms with E-state index in [2.05, 4.69) is 9.44 Å². The van der Waals surface area contributed by atoms with E-state index in [1.807, 2.05) is 0 Å². The van der Waals surface area contributed by atoms with Gasteiger partial charge in [-0.3, -0.25) is 9.52 Å². The first kappa shape index (κ1) is 26.6. The number of halogens is 2. The molecule has 4 aliphatic carbocycles. The van der Waals surface area contributed by atoms with Gasteiger partial charge in [-0.15, -0.1) is 0 Å². The summed E-state index contributed by atoms with van der Waals surface area (Å²) in [7, 11) is -7.35. The maximum absolute atomic E-state index is 13.8. The van der Waals surface area contributed by atoms with Gasteiger partial charge in [0.05, 0.1) is 11.2 Å². The number of anilines is 2. The highest BCUT2D eigenvalue weighted by atomic mass is 32.2. The number of nitrogens with one attached hydrogen (secondary N) is 2. The Hall–Kier alpha value is -2.57. The number of hydrogen-bond donors (Lipinski definition) is 2. The van der Waals surface area contributed by atoms with Crippen molar-refractivity contribution in [1.29, 1.82) is 0 Å². The molecule has 8 nitrogen and oxygen atoms in total. The van der Waals surface area contributed by atoms with Crippen LogP contribution in [0.3, 0.4) is 0 Å². The zero-order chi connectivity index (χ0) is 27.8. The molecule has 0 radical (unpaired) electrons. The molecule has 210 valence electrons. The highest BCUT2D eigenvalue weighted by Gasteiger charge is 2.58. The lowest BCUT2D eigenvalue weighted by Gasteiger charge is -2.61. The van der Waals surface area contributed by atoms with Crippen molar-refractivity contribution in [2.24, 2.45) is 11.8 Å². The average molecular weight is 580 g/mol. The first-order valence-corrected chi connectivity index (χ1v) is 16.5. The summed E-state index contributed by atoms with van der Waals surface area (Å²) in [6.45, 7) is 0.249. The molecular formula is C27H31F2N3O5S2. The Bertz CT molecular complexity index is 1540. The van der Waals surface area contributed by atoms with E-state index in [9.17, 15) is 30.4 Å². The Morgan fingerprint density at radius 3 is 2.31 bits per heavy atom. The minimum absolute atomic E-state index is 0.0253. The van der Waals surface area contributed by atoms with Crippen molar-refractivity contribution in [3.63, 3.8) is 0 Å². The highest BCUT2D eigenvalue weighted by Crippen LogP contribution is 2.57. The fourth-order valence-electron chi connectivity index (χ4n) is 6.90. The van der Waals surface area contributed by atoms with E-state index in [1.165, 1.54) is 12.1 Å². The maximum Gasteiger partial charge on any atom is 0.258 e. The second-order valence-corrected chi connectivity index (χ2v) is 15.3. The third kappa shape index (κ3) is 4.74. The van der Waals surface area contributed by atoms with Gasteiger partial charge in [-0.2, -0.15) is 0 Å². The third-order valence-corrected chi connectivity index (χ3v) is 11.2. The highest BCUT2D eigenvalue weighted by molar-refractivity contribution is 7.92. The van der Waals surface area contributed by atoms with E-state index >= 15 is 0 Å². The van der Waals surface area contributed by atoms with Crippen LogP contribution in [-0.4, -0.2) is 47.5 Å². The zero-order valence-corrected chi connectivity index (χ0v) is 23.1. The lowest BCUT2D eigenvalue weighted by molar-refractivity contribution is -0.0317. The van der Waals surface area contributed by atoms with Gasteiger partial charge in [0.15, 0.2) is 0 Å². The number of nitrogens with zero attached hydrogens (tertiary/aromatic N) is 1. The zero-order valence-electron chi connectivity index (χ0n) is 21.5. The molecule has 0 aromatic heterocycles. The molecule has 2 aromatic carbocycles. The summed E-state index contributed by atoms with van der Waals surface area (Å²) in [5, 5.41) is 0. The Morgan fingerprint density at radius 2 is 1.72 bits per heavy atom. The molecule has 39 heavy (non-hydrogen) atoms. The molecular weight excluding hydrogens is 548 g/mol. The number of fused-ring (bicyclic) bond motifs is 2. The summed E-state index contributed by atoms with van der Waals surface area (Å²) in [4.78, 5) is 15.4. The number of carbonyl (C=O) groups is 1. The van der Waals surface area contributed by atoms with Gasteiger partial charge in [-0.1, -0.05) is 6.07 Å². The smallest absolute Gasteiger partial charge is 0.258 e. The summed E-state index contributed by atoms with van der Waals surface area (Å²) in [5.41, 5.74) is 0.923. The Balaban J connectivity index is 1.32. The molecule has 7 rings (SSSR count). The van der Waals surface area contributed by atoms with E-state index in [0.717, 1.165) is 31.1 Å². The van der Waals surface area contributed by atoms with Crippen LogP contribution in [0.2, 0.25) is 0 Å². The molecule has 1 aliphatic heterocycles. The van der Waals surface area contributed by atoms with Crippen LogP contribution in [0.5, 0.6) is 0 Å². The van der Waals surface area contributed by atoms with Crippen molar-refractivity contribution >= 4 is 37.3 Å².